The molecule has 2 aromatic heterocycles. The number of carbonyl (C=O) groups excluding carboxylic acids is 1. The summed E-state index contributed by atoms with van der Waals surface area (Å²) in [7, 11) is 0. The average molecular weight is 409 g/mol. The number of hydrogen-bond donors (Lipinski definition) is 2. The van der Waals surface area contributed by atoms with E-state index in [1.54, 1.807) is 0 Å². The van der Waals surface area contributed by atoms with Crippen LogP contribution in [0.3, 0.4) is 0 Å². The largest absolute Gasteiger partial charge is 0.335 e. The Morgan fingerprint density at radius 1 is 1.31 bits per heavy atom. The molecule has 1 aliphatic heterocycles. The maximum Gasteiger partial charge on any atom is 0.246 e. The quantitative estimate of drug-likeness (QED) is 0.687. The Balaban J connectivity index is 1.74. The molecular formula is C18H18Cl2N4OS. The van der Waals surface area contributed by atoms with Crippen LogP contribution < -0.4 is 10.6 Å². The molecule has 0 fully saturated rings. The summed E-state index contributed by atoms with van der Waals surface area (Å²) in [4.78, 5) is 16.9. The molecule has 26 heavy (non-hydrogen) atoms. The number of amides is 1. The summed E-state index contributed by atoms with van der Waals surface area (Å²) >= 11 is 13.9. The van der Waals surface area contributed by atoms with Crippen LogP contribution in [0, 0.1) is 6.92 Å². The van der Waals surface area contributed by atoms with Gasteiger partial charge in [-0.15, -0.1) is 11.3 Å². The number of nitrogens with zero attached hydrogens (tertiary/aromatic N) is 2. The molecule has 1 amide bonds. The van der Waals surface area contributed by atoms with Gasteiger partial charge in [-0.1, -0.05) is 23.2 Å². The number of carbonyl (C=O) groups is 1. The van der Waals surface area contributed by atoms with E-state index in [-0.39, 0.29) is 12.5 Å². The highest BCUT2D eigenvalue weighted by molar-refractivity contribution is 7.13. The first-order valence-corrected chi connectivity index (χ1v) is 10.1. The Kier molecular flexibility index (Phi) is 4.92. The zero-order valence-electron chi connectivity index (χ0n) is 14.2. The van der Waals surface area contributed by atoms with Crippen molar-refractivity contribution in [3.63, 3.8) is 0 Å². The Morgan fingerprint density at radius 2 is 2.08 bits per heavy atom. The fourth-order valence-electron chi connectivity index (χ4n) is 3.47. The van der Waals surface area contributed by atoms with Gasteiger partial charge in [-0.25, -0.2) is 4.98 Å². The third-order valence-corrected chi connectivity index (χ3v) is 6.18. The SMILES string of the molecule is Cc1csc(NC(=O)Cn2c3c(c4cc(Cl)c(Cl)cc42)CCNCC3)n1. The summed E-state index contributed by atoms with van der Waals surface area (Å²) < 4.78 is 2.07. The van der Waals surface area contributed by atoms with Crippen molar-refractivity contribution in [2.24, 2.45) is 0 Å². The highest BCUT2D eigenvalue weighted by atomic mass is 35.5. The lowest BCUT2D eigenvalue weighted by atomic mass is 10.1. The summed E-state index contributed by atoms with van der Waals surface area (Å²) in [6.45, 7) is 3.93. The summed E-state index contributed by atoms with van der Waals surface area (Å²) in [6.07, 6.45) is 1.77. The molecule has 0 aliphatic carbocycles. The van der Waals surface area contributed by atoms with Crippen LogP contribution in [0.5, 0.6) is 0 Å². The first-order chi connectivity index (χ1) is 12.5. The number of fused-ring (bicyclic) bond motifs is 3. The molecule has 0 bridgehead atoms. The van der Waals surface area contributed by atoms with Gasteiger partial charge in [-0.05, 0) is 37.6 Å². The number of aryl methyl sites for hydroxylation is 1. The van der Waals surface area contributed by atoms with Crippen molar-refractivity contribution in [1.29, 1.82) is 0 Å². The van der Waals surface area contributed by atoms with Crippen LogP contribution in [0.4, 0.5) is 5.13 Å². The minimum atomic E-state index is -0.0951. The van der Waals surface area contributed by atoms with Gasteiger partial charge >= 0.3 is 0 Å². The van der Waals surface area contributed by atoms with Crippen molar-refractivity contribution in [3.05, 3.63) is 44.5 Å². The summed E-state index contributed by atoms with van der Waals surface area (Å²) in [5.41, 5.74) is 4.28. The molecular weight excluding hydrogens is 391 g/mol. The molecule has 0 saturated carbocycles. The van der Waals surface area contributed by atoms with Gasteiger partial charge in [0.05, 0.1) is 21.3 Å². The zero-order chi connectivity index (χ0) is 18.3. The van der Waals surface area contributed by atoms with Gasteiger partial charge in [0.25, 0.3) is 0 Å². The van der Waals surface area contributed by atoms with Gasteiger partial charge in [0.2, 0.25) is 5.91 Å². The van der Waals surface area contributed by atoms with Gasteiger partial charge in [0.1, 0.15) is 6.54 Å². The minimum absolute atomic E-state index is 0.0951. The van der Waals surface area contributed by atoms with E-state index in [1.807, 2.05) is 24.4 Å². The highest BCUT2D eigenvalue weighted by Crippen LogP contribution is 2.34. The van der Waals surface area contributed by atoms with Crippen molar-refractivity contribution in [2.45, 2.75) is 26.3 Å². The first kappa shape index (κ1) is 17.8. The molecule has 136 valence electrons. The molecule has 8 heteroatoms. The van der Waals surface area contributed by atoms with Gasteiger partial charge in [0.15, 0.2) is 5.13 Å². The Hall–Kier alpha value is -1.60. The van der Waals surface area contributed by atoms with Crippen molar-refractivity contribution >= 4 is 56.5 Å². The zero-order valence-corrected chi connectivity index (χ0v) is 16.6. The minimum Gasteiger partial charge on any atom is -0.335 e. The van der Waals surface area contributed by atoms with Crippen LogP contribution in [-0.2, 0) is 24.2 Å². The van der Waals surface area contributed by atoms with Crippen LogP contribution in [0.1, 0.15) is 17.0 Å². The van der Waals surface area contributed by atoms with Crippen molar-refractivity contribution in [3.8, 4) is 0 Å². The van der Waals surface area contributed by atoms with Gasteiger partial charge in [-0.2, -0.15) is 0 Å². The van der Waals surface area contributed by atoms with Crippen LogP contribution in [0.2, 0.25) is 10.0 Å². The van der Waals surface area contributed by atoms with E-state index in [1.165, 1.54) is 22.6 Å². The van der Waals surface area contributed by atoms with Crippen molar-refractivity contribution in [2.75, 3.05) is 18.4 Å². The lowest BCUT2D eigenvalue weighted by molar-refractivity contribution is -0.116. The normalized spacial score (nSPS) is 14.3. The Labute approximate surface area is 165 Å². The lowest BCUT2D eigenvalue weighted by Gasteiger charge is -2.11. The number of rotatable bonds is 3. The number of hydrogen-bond acceptors (Lipinski definition) is 4. The molecule has 1 aromatic carbocycles. The smallest absolute Gasteiger partial charge is 0.246 e. The number of halogens is 2. The Bertz CT molecular complexity index is 995. The number of benzene rings is 1. The van der Waals surface area contributed by atoms with E-state index in [4.69, 9.17) is 23.2 Å². The van der Waals surface area contributed by atoms with E-state index >= 15 is 0 Å². The van der Waals surface area contributed by atoms with Crippen LogP contribution in [0.15, 0.2) is 17.5 Å². The summed E-state index contributed by atoms with van der Waals surface area (Å²) in [5.74, 6) is -0.0951. The molecule has 3 heterocycles. The number of nitrogens with one attached hydrogen (secondary N) is 2. The fraction of sp³-hybridized carbons (Fsp3) is 0.333. The maximum atomic E-state index is 12.6. The van der Waals surface area contributed by atoms with Crippen LogP contribution in [0.25, 0.3) is 10.9 Å². The van der Waals surface area contributed by atoms with E-state index in [9.17, 15) is 4.79 Å². The number of thiazole rings is 1. The van der Waals surface area contributed by atoms with E-state index < -0.39 is 0 Å². The van der Waals surface area contributed by atoms with Gasteiger partial charge in [-0.3, -0.25) is 4.79 Å². The molecule has 0 spiro atoms. The summed E-state index contributed by atoms with van der Waals surface area (Å²) in [6, 6.07) is 3.78. The molecule has 0 radical (unpaired) electrons. The average Bonchev–Trinajstić information content (AvgIpc) is 3.00. The standard InChI is InChI=1S/C18H18Cl2N4OS/c1-10-9-26-18(22-10)23-17(25)8-24-15-3-5-21-4-2-11(15)12-6-13(19)14(20)7-16(12)24/h6-7,9,21H,2-5,8H2,1H3,(H,22,23,25). The molecule has 5 nitrogen and oxygen atoms in total. The molecule has 1 aliphatic rings. The van der Waals surface area contributed by atoms with E-state index in [0.717, 1.165) is 42.5 Å². The molecule has 0 unspecified atom stereocenters. The topological polar surface area (TPSA) is 59.0 Å². The van der Waals surface area contributed by atoms with Crippen LogP contribution in [-0.4, -0.2) is 28.5 Å². The first-order valence-electron chi connectivity index (χ1n) is 8.44. The Morgan fingerprint density at radius 3 is 2.85 bits per heavy atom. The third kappa shape index (κ3) is 3.34. The maximum absolute atomic E-state index is 12.6. The molecule has 2 N–H and O–H groups in total. The van der Waals surface area contributed by atoms with Gasteiger partial charge in [0, 0.05) is 29.4 Å². The number of aromatic nitrogens is 2. The molecule has 0 atom stereocenters. The van der Waals surface area contributed by atoms with Crippen LogP contribution >= 0.6 is 34.5 Å². The van der Waals surface area contributed by atoms with E-state index in [0.29, 0.717) is 15.2 Å². The lowest BCUT2D eigenvalue weighted by Crippen LogP contribution is -2.21. The second kappa shape index (κ2) is 7.19. The predicted octanol–water partition coefficient (Wildman–Crippen LogP) is 4.04. The molecule has 3 aromatic rings. The molecule has 0 saturated heterocycles. The fourth-order valence-corrected chi connectivity index (χ4v) is 4.50. The monoisotopic (exact) mass is 408 g/mol. The summed E-state index contributed by atoms with van der Waals surface area (Å²) in [5, 5.41) is 11.0. The molecule has 4 rings (SSSR count). The second-order valence-electron chi connectivity index (χ2n) is 6.39. The second-order valence-corrected chi connectivity index (χ2v) is 8.06. The highest BCUT2D eigenvalue weighted by Gasteiger charge is 2.21. The van der Waals surface area contributed by atoms with Crippen molar-refractivity contribution in [1.82, 2.24) is 14.9 Å². The third-order valence-electron chi connectivity index (χ3n) is 4.59. The predicted molar refractivity (Wildman–Crippen MR) is 108 cm³/mol. The van der Waals surface area contributed by atoms with E-state index in [2.05, 4.69) is 20.2 Å². The van der Waals surface area contributed by atoms with Gasteiger partial charge < -0.3 is 15.2 Å². The number of anilines is 1. The van der Waals surface area contributed by atoms with Crippen molar-refractivity contribution < 1.29 is 4.79 Å².